The number of nitrogens with zero attached hydrogens (tertiary/aromatic N) is 2. The molecule has 0 saturated heterocycles. The third-order valence-corrected chi connectivity index (χ3v) is 3.19. The van der Waals surface area contributed by atoms with Gasteiger partial charge in [0, 0.05) is 6.42 Å². The molecule has 1 aromatic heterocycles. The molecule has 0 unspecified atom stereocenters. The van der Waals surface area contributed by atoms with Gasteiger partial charge < -0.3 is 10.3 Å². The van der Waals surface area contributed by atoms with Crippen LogP contribution in [0, 0.1) is 12.3 Å². The summed E-state index contributed by atoms with van der Waals surface area (Å²) in [7, 11) is 0. The van der Waals surface area contributed by atoms with Crippen LogP contribution >= 0.6 is 0 Å². The van der Waals surface area contributed by atoms with E-state index in [0.29, 0.717) is 5.82 Å². The van der Waals surface area contributed by atoms with Crippen molar-refractivity contribution in [1.29, 1.82) is 0 Å². The van der Waals surface area contributed by atoms with Crippen LogP contribution in [0.3, 0.4) is 0 Å². The highest BCUT2D eigenvalue weighted by Gasteiger charge is 2.34. The van der Waals surface area contributed by atoms with Gasteiger partial charge in [0.05, 0.1) is 0 Å². The van der Waals surface area contributed by atoms with Crippen LogP contribution in [-0.2, 0) is 6.42 Å². The first-order chi connectivity index (χ1) is 6.74. The smallest absolute Gasteiger partial charge is 0.227 e. The first-order valence-electron chi connectivity index (χ1n) is 5.23. The minimum atomic E-state index is 0.235. The normalized spacial score (nSPS) is 20.1. The molecule has 1 aliphatic carbocycles. The van der Waals surface area contributed by atoms with Gasteiger partial charge in [-0.1, -0.05) is 18.0 Å². The van der Waals surface area contributed by atoms with E-state index in [2.05, 4.69) is 10.1 Å². The van der Waals surface area contributed by atoms with E-state index in [0.717, 1.165) is 18.9 Å². The van der Waals surface area contributed by atoms with Gasteiger partial charge in [0.1, 0.15) is 0 Å². The molecule has 0 aliphatic heterocycles. The Hall–Kier alpha value is -0.900. The molecule has 4 heteroatoms. The van der Waals surface area contributed by atoms with E-state index in [1.54, 1.807) is 0 Å². The number of aromatic nitrogens is 2. The molecule has 1 aromatic rings. The second kappa shape index (κ2) is 3.69. The first-order valence-corrected chi connectivity index (χ1v) is 5.23. The summed E-state index contributed by atoms with van der Waals surface area (Å²) >= 11 is 0. The lowest BCUT2D eigenvalue weighted by atomic mass is 9.83. The maximum absolute atomic E-state index is 5.83. The van der Waals surface area contributed by atoms with Gasteiger partial charge in [0.15, 0.2) is 5.82 Å². The Labute approximate surface area is 83.9 Å². The number of rotatable bonds is 3. The summed E-state index contributed by atoms with van der Waals surface area (Å²) < 4.78 is 5.14. The summed E-state index contributed by atoms with van der Waals surface area (Å²) in [5.74, 6) is 1.46. The van der Waals surface area contributed by atoms with Crippen LogP contribution in [0.15, 0.2) is 4.52 Å². The molecule has 2 N–H and O–H groups in total. The van der Waals surface area contributed by atoms with Crippen LogP contribution in [0.2, 0.25) is 0 Å². The Morgan fingerprint density at radius 1 is 1.43 bits per heavy atom. The summed E-state index contributed by atoms with van der Waals surface area (Å²) in [6.45, 7) is 2.57. The van der Waals surface area contributed by atoms with E-state index >= 15 is 0 Å². The molecule has 1 aliphatic rings. The fourth-order valence-electron chi connectivity index (χ4n) is 2.31. The monoisotopic (exact) mass is 195 g/mol. The van der Waals surface area contributed by atoms with Crippen molar-refractivity contribution in [2.75, 3.05) is 6.54 Å². The average molecular weight is 195 g/mol. The number of nitrogens with two attached hydrogens (primary N) is 1. The van der Waals surface area contributed by atoms with Gasteiger partial charge in [0.25, 0.3) is 0 Å². The van der Waals surface area contributed by atoms with Crippen molar-refractivity contribution >= 4 is 0 Å². The molecule has 0 aromatic carbocycles. The number of hydrogen-bond donors (Lipinski definition) is 1. The van der Waals surface area contributed by atoms with Gasteiger partial charge in [-0.05, 0) is 31.7 Å². The van der Waals surface area contributed by atoms with Crippen molar-refractivity contribution < 1.29 is 4.52 Å². The van der Waals surface area contributed by atoms with E-state index in [4.69, 9.17) is 10.3 Å². The lowest BCUT2D eigenvalue weighted by molar-refractivity contribution is 0.259. The number of hydrogen-bond acceptors (Lipinski definition) is 4. The maximum atomic E-state index is 5.83. The van der Waals surface area contributed by atoms with Crippen molar-refractivity contribution in [2.24, 2.45) is 11.1 Å². The zero-order valence-corrected chi connectivity index (χ0v) is 8.62. The molecule has 0 atom stereocenters. The van der Waals surface area contributed by atoms with Crippen LogP contribution in [0.25, 0.3) is 0 Å². The molecule has 4 nitrogen and oxygen atoms in total. The highest BCUT2D eigenvalue weighted by atomic mass is 16.5. The second-order valence-corrected chi connectivity index (χ2v) is 4.32. The highest BCUT2D eigenvalue weighted by Crippen LogP contribution is 2.39. The van der Waals surface area contributed by atoms with Gasteiger partial charge in [0.2, 0.25) is 5.89 Å². The zero-order chi connectivity index (χ0) is 10.0. The molecule has 14 heavy (non-hydrogen) atoms. The quantitative estimate of drug-likeness (QED) is 0.792. The van der Waals surface area contributed by atoms with E-state index in [1.165, 1.54) is 25.7 Å². The standard InChI is InChI=1S/C10H17N3O/c1-8-12-9(14-13-8)6-10(7-11)4-2-3-5-10/h2-7,11H2,1H3. The minimum absolute atomic E-state index is 0.235. The predicted molar refractivity (Wildman–Crippen MR) is 52.7 cm³/mol. The molecule has 1 fully saturated rings. The molecule has 2 rings (SSSR count). The van der Waals surface area contributed by atoms with E-state index in [-0.39, 0.29) is 5.41 Å². The summed E-state index contributed by atoms with van der Waals surface area (Å²) in [6.07, 6.45) is 5.81. The molecule has 78 valence electrons. The summed E-state index contributed by atoms with van der Waals surface area (Å²) in [5.41, 5.74) is 6.07. The van der Waals surface area contributed by atoms with E-state index in [9.17, 15) is 0 Å². The lowest BCUT2D eigenvalue weighted by Crippen LogP contribution is -2.29. The van der Waals surface area contributed by atoms with Gasteiger partial charge >= 0.3 is 0 Å². The van der Waals surface area contributed by atoms with Crippen LogP contribution in [0.4, 0.5) is 0 Å². The van der Waals surface area contributed by atoms with Crippen LogP contribution < -0.4 is 5.73 Å². The molecule has 0 spiro atoms. The average Bonchev–Trinajstić information content (AvgIpc) is 2.77. The van der Waals surface area contributed by atoms with Crippen LogP contribution in [0.5, 0.6) is 0 Å². The Morgan fingerprint density at radius 2 is 2.14 bits per heavy atom. The Kier molecular flexibility index (Phi) is 2.54. The summed E-state index contributed by atoms with van der Waals surface area (Å²) in [4.78, 5) is 4.23. The van der Waals surface area contributed by atoms with Crippen molar-refractivity contribution in [3.8, 4) is 0 Å². The molecule has 1 saturated carbocycles. The van der Waals surface area contributed by atoms with Crippen molar-refractivity contribution in [3.63, 3.8) is 0 Å². The minimum Gasteiger partial charge on any atom is -0.339 e. The topological polar surface area (TPSA) is 64.9 Å². The third-order valence-electron chi connectivity index (χ3n) is 3.19. The first kappa shape index (κ1) is 9.65. The Morgan fingerprint density at radius 3 is 2.64 bits per heavy atom. The Balaban J connectivity index is 2.08. The summed E-state index contributed by atoms with van der Waals surface area (Å²) in [6, 6.07) is 0. The molecule has 0 radical (unpaired) electrons. The van der Waals surface area contributed by atoms with Crippen LogP contribution in [-0.4, -0.2) is 16.7 Å². The molecule has 0 amide bonds. The maximum Gasteiger partial charge on any atom is 0.227 e. The van der Waals surface area contributed by atoms with E-state index in [1.807, 2.05) is 6.92 Å². The SMILES string of the molecule is Cc1noc(CC2(CN)CCCC2)n1. The highest BCUT2D eigenvalue weighted by molar-refractivity contribution is 4.95. The van der Waals surface area contributed by atoms with Crippen molar-refractivity contribution in [2.45, 2.75) is 39.0 Å². The Bertz CT molecular complexity index is 302. The molecular formula is C10H17N3O. The van der Waals surface area contributed by atoms with Gasteiger partial charge in [-0.3, -0.25) is 0 Å². The molecule has 0 bridgehead atoms. The fraction of sp³-hybridized carbons (Fsp3) is 0.800. The van der Waals surface area contributed by atoms with Gasteiger partial charge in [-0.15, -0.1) is 0 Å². The van der Waals surface area contributed by atoms with Crippen LogP contribution in [0.1, 0.15) is 37.4 Å². The van der Waals surface area contributed by atoms with Gasteiger partial charge in [-0.2, -0.15) is 4.98 Å². The largest absolute Gasteiger partial charge is 0.339 e. The fourth-order valence-corrected chi connectivity index (χ4v) is 2.31. The lowest BCUT2D eigenvalue weighted by Gasteiger charge is -2.24. The molecule has 1 heterocycles. The van der Waals surface area contributed by atoms with Crippen molar-refractivity contribution in [1.82, 2.24) is 10.1 Å². The number of aryl methyl sites for hydroxylation is 1. The molecular weight excluding hydrogens is 178 g/mol. The second-order valence-electron chi connectivity index (χ2n) is 4.32. The van der Waals surface area contributed by atoms with Crippen molar-refractivity contribution in [3.05, 3.63) is 11.7 Å². The zero-order valence-electron chi connectivity index (χ0n) is 8.62. The predicted octanol–water partition coefficient (Wildman–Crippen LogP) is 1.44. The van der Waals surface area contributed by atoms with Gasteiger partial charge in [-0.25, -0.2) is 0 Å². The van der Waals surface area contributed by atoms with E-state index < -0.39 is 0 Å². The third kappa shape index (κ3) is 1.80. The summed E-state index contributed by atoms with van der Waals surface area (Å²) in [5, 5.41) is 3.80.